The summed E-state index contributed by atoms with van der Waals surface area (Å²) in [4.78, 5) is 16.5. The number of amides is 1. The molecule has 27 heavy (non-hydrogen) atoms. The van der Waals surface area contributed by atoms with Gasteiger partial charge in [0, 0.05) is 24.2 Å². The highest BCUT2D eigenvalue weighted by Crippen LogP contribution is 2.27. The normalized spacial score (nSPS) is 11.1. The van der Waals surface area contributed by atoms with Crippen molar-refractivity contribution in [3.63, 3.8) is 0 Å². The summed E-state index contributed by atoms with van der Waals surface area (Å²) in [6.45, 7) is 0. The fourth-order valence-electron chi connectivity index (χ4n) is 2.71. The zero-order valence-electron chi connectivity index (χ0n) is 14.0. The van der Waals surface area contributed by atoms with Gasteiger partial charge < -0.3 is 11.1 Å². The first-order valence-electron chi connectivity index (χ1n) is 7.82. The van der Waals surface area contributed by atoms with Crippen LogP contribution >= 0.6 is 0 Å². The summed E-state index contributed by atoms with van der Waals surface area (Å²) >= 11 is 0. The van der Waals surface area contributed by atoms with Gasteiger partial charge in [0.15, 0.2) is 11.5 Å². The Balaban J connectivity index is 1.71. The van der Waals surface area contributed by atoms with Gasteiger partial charge in [-0.1, -0.05) is 0 Å². The second-order valence-corrected chi connectivity index (χ2v) is 5.88. The van der Waals surface area contributed by atoms with E-state index in [0.29, 0.717) is 16.7 Å². The first-order valence-corrected chi connectivity index (χ1v) is 7.82. The fraction of sp³-hybridized carbons (Fsp3) is 0.0588. The molecule has 4 N–H and O–H groups in total. The number of carbonyl (C=O) groups is 1. The predicted molar refractivity (Wildman–Crippen MR) is 94.8 cm³/mol. The number of H-pyrrole nitrogens is 1. The minimum absolute atomic E-state index is 0.250. The van der Waals surface area contributed by atoms with Crippen molar-refractivity contribution in [1.29, 1.82) is 0 Å². The lowest BCUT2D eigenvalue weighted by atomic mass is 10.1. The third-order valence-corrected chi connectivity index (χ3v) is 4.01. The molecule has 4 rings (SSSR count). The number of hydrogen-bond acceptors (Lipinski definition) is 5. The van der Waals surface area contributed by atoms with Crippen LogP contribution in [0.15, 0.2) is 36.8 Å². The van der Waals surface area contributed by atoms with Crippen LogP contribution in [-0.4, -0.2) is 30.9 Å². The monoisotopic (exact) mass is 369 g/mol. The third kappa shape index (κ3) is 2.86. The Hall–Kier alpha value is -3.82. The molecule has 4 aromatic rings. The van der Waals surface area contributed by atoms with Crippen LogP contribution in [0.1, 0.15) is 10.4 Å². The number of aryl methyl sites for hydroxylation is 1. The minimum Gasteiger partial charge on any atom is -0.396 e. The summed E-state index contributed by atoms with van der Waals surface area (Å²) in [7, 11) is 1.78. The van der Waals surface area contributed by atoms with E-state index in [4.69, 9.17) is 5.73 Å². The van der Waals surface area contributed by atoms with Crippen molar-refractivity contribution in [3.05, 3.63) is 54.0 Å². The van der Waals surface area contributed by atoms with Gasteiger partial charge in [0.05, 0.1) is 29.5 Å². The van der Waals surface area contributed by atoms with Gasteiger partial charge in [-0.3, -0.25) is 14.6 Å². The molecule has 1 amide bonds. The number of benzene rings is 1. The van der Waals surface area contributed by atoms with Gasteiger partial charge in [-0.15, -0.1) is 0 Å². The topological polar surface area (TPSA) is 115 Å². The molecule has 0 bridgehead atoms. The smallest absolute Gasteiger partial charge is 0.261 e. The van der Waals surface area contributed by atoms with Crippen LogP contribution in [0.3, 0.4) is 0 Å². The summed E-state index contributed by atoms with van der Waals surface area (Å²) in [6, 6.07) is 3.60. The quantitative estimate of drug-likeness (QED) is 0.480. The van der Waals surface area contributed by atoms with E-state index in [1.165, 1.54) is 6.20 Å². The molecule has 0 unspecified atom stereocenters. The second kappa shape index (κ2) is 6.16. The Morgan fingerprint density at radius 2 is 2.11 bits per heavy atom. The van der Waals surface area contributed by atoms with E-state index in [1.807, 2.05) is 0 Å². The summed E-state index contributed by atoms with van der Waals surface area (Å²) in [5.74, 6) is -3.08. The third-order valence-electron chi connectivity index (χ3n) is 4.01. The number of aromatic nitrogens is 5. The number of fused-ring (bicyclic) bond motifs is 1. The van der Waals surface area contributed by atoms with Crippen LogP contribution in [0.2, 0.25) is 0 Å². The van der Waals surface area contributed by atoms with Crippen LogP contribution in [0.5, 0.6) is 0 Å². The Labute approximate surface area is 151 Å². The molecule has 0 aliphatic rings. The van der Waals surface area contributed by atoms with Gasteiger partial charge >= 0.3 is 0 Å². The lowest BCUT2D eigenvalue weighted by Crippen LogP contribution is -2.17. The van der Waals surface area contributed by atoms with Gasteiger partial charge in [0.2, 0.25) is 0 Å². The average molecular weight is 369 g/mol. The van der Waals surface area contributed by atoms with Crippen molar-refractivity contribution < 1.29 is 13.6 Å². The Morgan fingerprint density at radius 3 is 2.85 bits per heavy atom. The van der Waals surface area contributed by atoms with Crippen molar-refractivity contribution in [2.24, 2.45) is 7.05 Å². The Bertz CT molecular complexity index is 1180. The standard InChI is InChI=1S/C17H13F2N7O/c1-26-7-8(5-22-26)15-10-4-9(6-21-16(10)25-24-15)23-17(27)13-11(18)2-3-12(20)14(13)19/h2-7H,20H2,1H3,(H,23,27)(H,21,24,25). The second-order valence-electron chi connectivity index (χ2n) is 5.88. The predicted octanol–water partition coefficient (Wildman–Crippen LogP) is 2.47. The van der Waals surface area contributed by atoms with E-state index >= 15 is 0 Å². The number of nitrogens with two attached hydrogens (primary N) is 1. The maximum Gasteiger partial charge on any atom is 0.261 e. The van der Waals surface area contributed by atoms with E-state index in [1.54, 1.807) is 30.2 Å². The van der Waals surface area contributed by atoms with E-state index in [9.17, 15) is 13.6 Å². The highest BCUT2D eigenvalue weighted by molar-refractivity contribution is 6.06. The van der Waals surface area contributed by atoms with Gasteiger partial charge in [-0.2, -0.15) is 10.2 Å². The number of halogens is 2. The summed E-state index contributed by atoms with van der Waals surface area (Å²) < 4.78 is 29.6. The number of nitrogens with zero attached hydrogens (tertiary/aromatic N) is 4. The summed E-state index contributed by atoms with van der Waals surface area (Å²) in [5, 5.41) is 14.1. The molecular formula is C17H13F2N7O. The Morgan fingerprint density at radius 1 is 1.30 bits per heavy atom. The van der Waals surface area contributed by atoms with E-state index < -0.39 is 23.1 Å². The number of nitrogen functional groups attached to an aromatic ring is 1. The van der Waals surface area contributed by atoms with Gasteiger partial charge in [0.1, 0.15) is 11.4 Å². The minimum atomic E-state index is -1.11. The number of carbonyl (C=O) groups excluding carboxylic acids is 1. The van der Waals surface area contributed by atoms with Crippen molar-refractivity contribution in [2.75, 3.05) is 11.1 Å². The molecule has 0 saturated carbocycles. The zero-order valence-corrected chi connectivity index (χ0v) is 14.0. The SMILES string of the molecule is Cn1cc(-c2[nH]nc3ncc(NC(=O)c4c(F)ccc(N)c4F)cc23)cn1. The molecule has 3 aromatic heterocycles. The van der Waals surface area contributed by atoms with Crippen LogP contribution in [0.25, 0.3) is 22.3 Å². The maximum absolute atomic E-state index is 14.0. The van der Waals surface area contributed by atoms with Crippen molar-refractivity contribution in [1.82, 2.24) is 25.0 Å². The molecule has 0 atom stereocenters. The molecule has 1 aromatic carbocycles. The highest BCUT2D eigenvalue weighted by Gasteiger charge is 2.20. The van der Waals surface area contributed by atoms with Crippen LogP contribution in [-0.2, 0) is 7.05 Å². The molecule has 0 fully saturated rings. The molecule has 136 valence electrons. The van der Waals surface area contributed by atoms with Crippen molar-refractivity contribution >= 4 is 28.3 Å². The van der Waals surface area contributed by atoms with Gasteiger partial charge in [-0.25, -0.2) is 13.8 Å². The first kappa shape index (κ1) is 16.6. The largest absolute Gasteiger partial charge is 0.396 e. The maximum atomic E-state index is 14.0. The number of rotatable bonds is 3. The van der Waals surface area contributed by atoms with Gasteiger partial charge in [0.25, 0.3) is 5.91 Å². The number of nitrogens with one attached hydrogen (secondary N) is 2. The lowest BCUT2D eigenvalue weighted by molar-refractivity contribution is 0.101. The van der Waals surface area contributed by atoms with Crippen LogP contribution in [0, 0.1) is 11.6 Å². The molecule has 3 heterocycles. The number of anilines is 2. The molecule has 0 radical (unpaired) electrons. The van der Waals surface area contributed by atoms with Crippen LogP contribution in [0.4, 0.5) is 20.2 Å². The van der Waals surface area contributed by atoms with Crippen molar-refractivity contribution in [3.8, 4) is 11.3 Å². The summed E-state index contributed by atoms with van der Waals surface area (Å²) in [5.41, 5.74) is 6.45. The zero-order chi connectivity index (χ0) is 19.1. The van der Waals surface area contributed by atoms with Crippen molar-refractivity contribution in [2.45, 2.75) is 0 Å². The fourth-order valence-corrected chi connectivity index (χ4v) is 2.71. The van der Waals surface area contributed by atoms with Crippen LogP contribution < -0.4 is 11.1 Å². The average Bonchev–Trinajstić information content (AvgIpc) is 3.24. The van der Waals surface area contributed by atoms with E-state index in [-0.39, 0.29) is 11.4 Å². The molecule has 10 heteroatoms. The number of hydrogen-bond donors (Lipinski definition) is 3. The first-order chi connectivity index (χ1) is 12.9. The lowest BCUT2D eigenvalue weighted by Gasteiger charge is -2.08. The molecule has 0 aliphatic carbocycles. The number of aromatic amines is 1. The number of pyridine rings is 1. The molecule has 8 nitrogen and oxygen atoms in total. The van der Waals surface area contributed by atoms with Gasteiger partial charge in [-0.05, 0) is 18.2 Å². The molecular weight excluding hydrogens is 356 g/mol. The molecule has 0 saturated heterocycles. The molecule has 0 spiro atoms. The Kier molecular flexibility index (Phi) is 3.80. The summed E-state index contributed by atoms with van der Waals surface area (Å²) in [6.07, 6.45) is 4.78. The van der Waals surface area contributed by atoms with E-state index in [0.717, 1.165) is 17.7 Å². The highest BCUT2D eigenvalue weighted by atomic mass is 19.1. The van der Waals surface area contributed by atoms with E-state index in [2.05, 4.69) is 25.6 Å². The molecule has 0 aliphatic heterocycles.